The Morgan fingerprint density at radius 3 is 1.64 bits per heavy atom. The maximum Gasteiger partial charge on any atom is 0.143 e. The lowest BCUT2D eigenvalue weighted by atomic mass is 9.95. The van der Waals surface area contributed by atoms with Crippen LogP contribution in [-0.4, -0.2) is 0 Å². The zero-order valence-corrected chi connectivity index (χ0v) is 22.9. The van der Waals surface area contributed by atoms with E-state index in [2.05, 4.69) is 169 Å². The minimum absolute atomic E-state index is 0.913. The molecule has 0 atom stereocenters. The summed E-state index contributed by atoms with van der Waals surface area (Å²) in [6.45, 7) is 0. The third kappa shape index (κ3) is 4.05. The highest BCUT2D eigenvalue weighted by Crippen LogP contribution is 2.44. The summed E-state index contributed by atoms with van der Waals surface area (Å²) >= 11 is 0. The molecule has 7 aromatic carbocycles. The molecule has 1 heterocycles. The molecule has 2 heteroatoms. The van der Waals surface area contributed by atoms with E-state index in [0.717, 1.165) is 61.3 Å². The van der Waals surface area contributed by atoms with Gasteiger partial charge in [-0.3, -0.25) is 0 Å². The van der Waals surface area contributed by atoms with Gasteiger partial charge in [0.1, 0.15) is 11.2 Å². The smallest absolute Gasteiger partial charge is 0.143 e. The first-order valence-corrected chi connectivity index (χ1v) is 14.3. The van der Waals surface area contributed by atoms with Crippen molar-refractivity contribution in [2.45, 2.75) is 0 Å². The van der Waals surface area contributed by atoms with Gasteiger partial charge >= 0.3 is 0 Å². The number of rotatable bonds is 5. The molecular weight excluding hydrogens is 510 g/mol. The molecule has 0 aliphatic rings. The molecule has 8 aromatic rings. The third-order valence-electron chi connectivity index (χ3n) is 8.04. The van der Waals surface area contributed by atoms with E-state index in [9.17, 15) is 0 Å². The van der Waals surface area contributed by atoms with Crippen molar-refractivity contribution in [3.05, 3.63) is 164 Å². The SMILES string of the molecule is c1ccc(-c2c3ccccc3cc3c2oc2c(-c4ccc(N(c5ccccc5)c5ccccc5)cc4)cccc23)cc1. The number of fused-ring (bicyclic) bond motifs is 4. The summed E-state index contributed by atoms with van der Waals surface area (Å²) in [4.78, 5) is 2.28. The summed E-state index contributed by atoms with van der Waals surface area (Å²) < 4.78 is 6.84. The van der Waals surface area contributed by atoms with Gasteiger partial charge in [0, 0.05) is 39.0 Å². The van der Waals surface area contributed by atoms with Crippen molar-refractivity contribution in [3.8, 4) is 22.3 Å². The molecule has 1 aromatic heterocycles. The van der Waals surface area contributed by atoms with Gasteiger partial charge in [0.05, 0.1) is 0 Å². The van der Waals surface area contributed by atoms with E-state index in [1.807, 2.05) is 0 Å². The molecule has 0 amide bonds. The van der Waals surface area contributed by atoms with E-state index >= 15 is 0 Å². The van der Waals surface area contributed by atoms with E-state index in [0.29, 0.717) is 0 Å². The number of furan rings is 1. The van der Waals surface area contributed by atoms with Crippen molar-refractivity contribution < 1.29 is 4.42 Å². The predicted octanol–water partition coefficient (Wildman–Crippen LogP) is 11.5. The van der Waals surface area contributed by atoms with Crippen LogP contribution in [0.3, 0.4) is 0 Å². The predicted molar refractivity (Wildman–Crippen MR) is 177 cm³/mol. The lowest BCUT2D eigenvalue weighted by molar-refractivity contribution is 0.671. The average molecular weight is 538 g/mol. The number of hydrogen-bond acceptors (Lipinski definition) is 2. The second kappa shape index (κ2) is 10.1. The number of anilines is 3. The molecule has 0 bridgehead atoms. The van der Waals surface area contributed by atoms with Crippen LogP contribution in [0.15, 0.2) is 168 Å². The van der Waals surface area contributed by atoms with Crippen LogP contribution in [0.1, 0.15) is 0 Å². The molecule has 0 saturated carbocycles. The van der Waals surface area contributed by atoms with Crippen LogP contribution in [-0.2, 0) is 0 Å². The molecular formula is C40H27NO. The molecule has 0 radical (unpaired) electrons. The fourth-order valence-electron chi connectivity index (χ4n) is 6.11. The van der Waals surface area contributed by atoms with Crippen LogP contribution < -0.4 is 4.90 Å². The molecule has 0 spiro atoms. The lowest BCUT2D eigenvalue weighted by Crippen LogP contribution is -2.09. The van der Waals surface area contributed by atoms with Crippen molar-refractivity contribution in [1.29, 1.82) is 0 Å². The first-order chi connectivity index (χ1) is 20.8. The fraction of sp³-hybridized carbons (Fsp3) is 0. The quantitative estimate of drug-likeness (QED) is 0.217. The first kappa shape index (κ1) is 24.2. The van der Waals surface area contributed by atoms with Crippen molar-refractivity contribution in [2.75, 3.05) is 4.90 Å². The van der Waals surface area contributed by atoms with Gasteiger partial charge < -0.3 is 9.32 Å². The fourth-order valence-corrected chi connectivity index (χ4v) is 6.11. The average Bonchev–Trinajstić information content (AvgIpc) is 3.44. The van der Waals surface area contributed by atoms with E-state index in [4.69, 9.17) is 4.42 Å². The van der Waals surface area contributed by atoms with Crippen LogP contribution in [0.2, 0.25) is 0 Å². The number of benzene rings is 7. The normalized spacial score (nSPS) is 11.3. The molecule has 8 rings (SSSR count). The Balaban J connectivity index is 1.30. The first-order valence-electron chi connectivity index (χ1n) is 14.3. The van der Waals surface area contributed by atoms with E-state index in [1.54, 1.807) is 0 Å². The van der Waals surface area contributed by atoms with Crippen LogP contribution >= 0.6 is 0 Å². The highest BCUT2D eigenvalue weighted by Gasteiger charge is 2.19. The molecule has 0 fully saturated rings. The molecule has 0 N–H and O–H groups in total. The Morgan fingerprint density at radius 1 is 0.381 bits per heavy atom. The van der Waals surface area contributed by atoms with Crippen LogP contribution in [0.25, 0.3) is 55.0 Å². The Morgan fingerprint density at radius 2 is 0.952 bits per heavy atom. The van der Waals surface area contributed by atoms with Crippen molar-refractivity contribution in [3.63, 3.8) is 0 Å². The largest absolute Gasteiger partial charge is 0.455 e. The monoisotopic (exact) mass is 537 g/mol. The van der Waals surface area contributed by atoms with Gasteiger partial charge in [-0.2, -0.15) is 0 Å². The zero-order chi connectivity index (χ0) is 27.9. The van der Waals surface area contributed by atoms with Gasteiger partial charge in [-0.1, -0.05) is 121 Å². The highest BCUT2D eigenvalue weighted by atomic mass is 16.3. The van der Waals surface area contributed by atoms with Gasteiger partial charge in [0.2, 0.25) is 0 Å². The lowest BCUT2D eigenvalue weighted by Gasteiger charge is -2.25. The number of para-hydroxylation sites is 3. The summed E-state index contributed by atoms with van der Waals surface area (Å²) in [6, 6.07) is 57.7. The maximum atomic E-state index is 6.84. The Bertz CT molecular complexity index is 2120. The van der Waals surface area contributed by atoms with Crippen LogP contribution in [0.4, 0.5) is 17.1 Å². The Hall–Kier alpha value is -5.60. The molecule has 0 aliphatic carbocycles. The maximum absolute atomic E-state index is 6.84. The minimum Gasteiger partial charge on any atom is -0.455 e. The van der Waals surface area contributed by atoms with Gasteiger partial charge in [0.15, 0.2) is 0 Å². The van der Waals surface area contributed by atoms with Gasteiger partial charge in [-0.25, -0.2) is 0 Å². The Kier molecular flexibility index (Phi) is 5.82. The molecule has 0 saturated heterocycles. The second-order valence-electron chi connectivity index (χ2n) is 10.6. The molecule has 42 heavy (non-hydrogen) atoms. The number of nitrogens with zero attached hydrogens (tertiary/aromatic N) is 1. The van der Waals surface area contributed by atoms with Crippen LogP contribution in [0, 0.1) is 0 Å². The molecule has 198 valence electrons. The summed E-state index contributed by atoms with van der Waals surface area (Å²) in [5.74, 6) is 0. The van der Waals surface area contributed by atoms with Crippen molar-refractivity contribution in [1.82, 2.24) is 0 Å². The summed E-state index contributed by atoms with van der Waals surface area (Å²) in [5, 5.41) is 4.68. The topological polar surface area (TPSA) is 16.4 Å². The minimum atomic E-state index is 0.913. The van der Waals surface area contributed by atoms with E-state index in [-0.39, 0.29) is 0 Å². The summed E-state index contributed by atoms with van der Waals surface area (Å²) in [7, 11) is 0. The van der Waals surface area contributed by atoms with Crippen molar-refractivity contribution in [2.24, 2.45) is 0 Å². The van der Waals surface area contributed by atoms with Crippen molar-refractivity contribution >= 4 is 49.8 Å². The number of hydrogen-bond donors (Lipinski definition) is 0. The molecule has 0 aliphatic heterocycles. The zero-order valence-electron chi connectivity index (χ0n) is 22.9. The standard InChI is InChI=1S/C40H27NO/c1-4-13-29(14-5-1)38-34-20-11-10-15-30(34)27-37-36-22-12-21-35(39(36)42-40(37)38)28-23-25-33(26-24-28)41(31-16-6-2-7-17-31)32-18-8-3-9-19-32/h1-27H. The Labute approximate surface area is 244 Å². The van der Waals surface area contributed by atoms with Gasteiger partial charge in [-0.15, -0.1) is 0 Å². The van der Waals surface area contributed by atoms with Crippen LogP contribution in [0.5, 0.6) is 0 Å². The van der Waals surface area contributed by atoms with Gasteiger partial charge in [-0.05, 0) is 64.4 Å². The highest BCUT2D eigenvalue weighted by molar-refractivity contribution is 6.19. The van der Waals surface area contributed by atoms with Gasteiger partial charge in [0.25, 0.3) is 0 Å². The summed E-state index contributed by atoms with van der Waals surface area (Å²) in [5.41, 5.74) is 9.69. The van der Waals surface area contributed by atoms with E-state index < -0.39 is 0 Å². The van der Waals surface area contributed by atoms with E-state index in [1.165, 1.54) is 10.8 Å². The molecule has 2 nitrogen and oxygen atoms in total. The second-order valence-corrected chi connectivity index (χ2v) is 10.6. The molecule has 0 unspecified atom stereocenters. The third-order valence-corrected chi connectivity index (χ3v) is 8.04. The summed E-state index contributed by atoms with van der Waals surface area (Å²) in [6.07, 6.45) is 0.